The third kappa shape index (κ3) is 3.46. The highest BCUT2D eigenvalue weighted by Gasteiger charge is 2.44. The van der Waals surface area contributed by atoms with Crippen LogP contribution < -0.4 is 10.6 Å². The van der Waals surface area contributed by atoms with E-state index in [0.717, 1.165) is 12.0 Å². The molecule has 2 aliphatic rings. The molecule has 2 N–H and O–H groups in total. The van der Waals surface area contributed by atoms with Gasteiger partial charge in [0.1, 0.15) is 0 Å². The number of nitrogens with one attached hydrogen (secondary N) is 2. The van der Waals surface area contributed by atoms with E-state index in [0.29, 0.717) is 5.41 Å². The van der Waals surface area contributed by atoms with E-state index in [9.17, 15) is 0 Å². The maximum atomic E-state index is 3.62. The molecule has 2 fully saturated rings. The Morgan fingerprint density at radius 1 is 1.20 bits per heavy atom. The second-order valence-electron chi connectivity index (χ2n) is 5.78. The SMILES string of the molecule is CC(C)C1(CNCCCNC2CC2)CC1. The van der Waals surface area contributed by atoms with Crippen molar-refractivity contribution in [2.45, 2.75) is 52.0 Å². The van der Waals surface area contributed by atoms with Gasteiger partial charge in [-0.25, -0.2) is 0 Å². The molecule has 0 radical (unpaired) electrons. The lowest BCUT2D eigenvalue weighted by atomic mass is 9.92. The Morgan fingerprint density at radius 2 is 1.93 bits per heavy atom. The Hall–Kier alpha value is -0.0800. The van der Waals surface area contributed by atoms with Gasteiger partial charge >= 0.3 is 0 Å². The second kappa shape index (κ2) is 4.84. The molecule has 0 bridgehead atoms. The van der Waals surface area contributed by atoms with Gasteiger partial charge in [0.05, 0.1) is 0 Å². The summed E-state index contributed by atoms with van der Waals surface area (Å²) >= 11 is 0. The highest BCUT2D eigenvalue weighted by molar-refractivity contribution is 4.96. The van der Waals surface area contributed by atoms with E-state index in [1.807, 2.05) is 0 Å². The second-order valence-corrected chi connectivity index (χ2v) is 5.78. The average Bonchev–Trinajstić information content (AvgIpc) is 3.05. The lowest BCUT2D eigenvalue weighted by Gasteiger charge is -2.20. The fourth-order valence-corrected chi connectivity index (χ4v) is 2.26. The molecule has 2 nitrogen and oxygen atoms in total. The van der Waals surface area contributed by atoms with E-state index in [1.165, 1.54) is 51.7 Å². The van der Waals surface area contributed by atoms with Crippen LogP contribution in [-0.2, 0) is 0 Å². The zero-order valence-corrected chi connectivity index (χ0v) is 10.3. The summed E-state index contributed by atoms with van der Waals surface area (Å²) in [5.41, 5.74) is 0.671. The van der Waals surface area contributed by atoms with Crippen LogP contribution in [0.1, 0.15) is 46.0 Å². The van der Waals surface area contributed by atoms with Crippen molar-refractivity contribution in [3.63, 3.8) is 0 Å². The van der Waals surface area contributed by atoms with Crippen molar-refractivity contribution < 1.29 is 0 Å². The van der Waals surface area contributed by atoms with Gasteiger partial charge in [0.2, 0.25) is 0 Å². The Kier molecular flexibility index (Phi) is 3.68. The van der Waals surface area contributed by atoms with Crippen molar-refractivity contribution in [2.24, 2.45) is 11.3 Å². The molecular formula is C13H26N2. The van der Waals surface area contributed by atoms with Gasteiger partial charge in [-0.1, -0.05) is 13.8 Å². The van der Waals surface area contributed by atoms with Crippen LogP contribution in [0, 0.1) is 11.3 Å². The molecule has 2 heteroatoms. The van der Waals surface area contributed by atoms with Crippen LogP contribution in [0.25, 0.3) is 0 Å². The molecule has 0 saturated heterocycles. The normalized spacial score (nSPS) is 23.4. The van der Waals surface area contributed by atoms with Gasteiger partial charge in [0.25, 0.3) is 0 Å². The minimum Gasteiger partial charge on any atom is -0.316 e. The molecule has 0 amide bonds. The van der Waals surface area contributed by atoms with Crippen molar-refractivity contribution in [2.75, 3.05) is 19.6 Å². The largest absolute Gasteiger partial charge is 0.316 e. The first kappa shape index (κ1) is 11.4. The minimum atomic E-state index is 0.671. The molecule has 2 saturated carbocycles. The van der Waals surface area contributed by atoms with Crippen molar-refractivity contribution in [1.29, 1.82) is 0 Å². The number of hydrogen-bond acceptors (Lipinski definition) is 2. The van der Waals surface area contributed by atoms with Crippen LogP contribution in [0.3, 0.4) is 0 Å². The van der Waals surface area contributed by atoms with E-state index in [-0.39, 0.29) is 0 Å². The van der Waals surface area contributed by atoms with E-state index < -0.39 is 0 Å². The first-order chi connectivity index (χ1) is 7.23. The Bertz CT molecular complexity index is 193. The lowest BCUT2D eigenvalue weighted by Crippen LogP contribution is -2.30. The third-order valence-electron chi connectivity index (χ3n) is 4.13. The van der Waals surface area contributed by atoms with Gasteiger partial charge in [0, 0.05) is 12.6 Å². The van der Waals surface area contributed by atoms with Crippen molar-refractivity contribution in [3.05, 3.63) is 0 Å². The highest BCUT2D eigenvalue weighted by atomic mass is 15.0. The van der Waals surface area contributed by atoms with Crippen LogP contribution in [0.5, 0.6) is 0 Å². The molecule has 2 rings (SSSR count). The van der Waals surface area contributed by atoms with Gasteiger partial charge in [-0.15, -0.1) is 0 Å². The summed E-state index contributed by atoms with van der Waals surface area (Å²) in [7, 11) is 0. The van der Waals surface area contributed by atoms with Crippen LogP contribution in [-0.4, -0.2) is 25.7 Å². The zero-order valence-electron chi connectivity index (χ0n) is 10.3. The molecule has 88 valence electrons. The molecule has 0 aromatic heterocycles. The summed E-state index contributed by atoms with van der Waals surface area (Å²) in [6.45, 7) is 8.36. The summed E-state index contributed by atoms with van der Waals surface area (Å²) in [6.07, 6.45) is 6.98. The summed E-state index contributed by atoms with van der Waals surface area (Å²) in [6, 6.07) is 0.871. The third-order valence-corrected chi connectivity index (χ3v) is 4.13. The van der Waals surface area contributed by atoms with Crippen LogP contribution in [0.4, 0.5) is 0 Å². The van der Waals surface area contributed by atoms with Crippen LogP contribution in [0.2, 0.25) is 0 Å². The predicted octanol–water partition coefficient (Wildman–Crippen LogP) is 2.15. The Morgan fingerprint density at radius 3 is 2.47 bits per heavy atom. The predicted molar refractivity (Wildman–Crippen MR) is 65.0 cm³/mol. The summed E-state index contributed by atoms with van der Waals surface area (Å²) < 4.78 is 0. The van der Waals surface area contributed by atoms with Crippen molar-refractivity contribution in [1.82, 2.24) is 10.6 Å². The van der Waals surface area contributed by atoms with Gasteiger partial charge in [-0.05, 0) is 56.5 Å². The number of hydrogen-bond donors (Lipinski definition) is 2. The lowest BCUT2D eigenvalue weighted by molar-refractivity contribution is 0.337. The average molecular weight is 210 g/mol. The first-order valence-electron chi connectivity index (χ1n) is 6.67. The number of rotatable bonds is 8. The van der Waals surface area contributed by atoms with Gasteiger partial charge in [-0.2, -0.15) is 0 Å². The molecule has 0 atom stereocenters. The van der Waals surface area contributed by atoms with E-state index >= 15 is 0 Å². The van der Waals surface area contributed by atoms with Crippen molar-refractivity contribution >= 4 is 0 Å². The molecule has 0 aromatic rings. The van der Waals surface area contributed by atoms with Gasteiger partial charge < -0.3 is 10.6 Å². The first-order valence-corrected chi connectivity index (χ1v) is 6.67. The molecule has 2 aliphatic carbocycles. The maximum absolute atomic E-state index is 3.62. The monoisotopic (exact) mass is 210 g/mol. The fourth-order valence-electron chi connectivity index (χ4n) is 2.26. The summed E-state index contributed by atoms with van der Waals surface area (Å²) in [5, 5.41) is 7.18. The maximum Gasteiger partial charge on any atom is 0.00682 e. The van der Waals surface area contributed by atoms with Gasteiger partial charge in [-0.3, -0.25) is 0 Å². The van der Waals surface area contributed by atoms with Gasteiger partial charge in [0.15, 0.2) is 0 Å². The minimum absolute atomic E-state index is 0.671. The van der Waals surface area contributed by atoms with E-state index in [1.54, 1.807) is 0 Å². The quantitative estimate of drug-likeness (QED) is 0.600. The summed E-state index contributed by atoms with van der Waals surface area (Å²) in [5.74, 6) is 0.856. The molecule has 15 heavy (non-hydrogen) atoms. The molecule has 0 aliphatic heterocycles. The fraction of sp³-hybridized carbons (Fsp3) is 1.00. The Labute approximate surface area is 94.2 Å². The van der Waals surface area contributed by atoms with Crippen LogP contribution in [0.15, 0.2) is 0 Å². The zero-order chi connectivity index (χ0) is 10.7. The molecule has 0 heterocycles. The van der Waals surface area contributed by atoms with E-state index in [4.69, 9.17) is 0 Å². The molecular weight excluding hydrogens is 184 g/mol. The van der Waals surface area contributed by atoms with E-state index in [2.05, 4.69) is 24.5 Å². The summed E-state index contributed by atoms with van der Waals surface area (Å²) in [4.78, 5) is 0. The Balaban J connectivity index is 1.44. The highest BCUT2D eigenvalue weighted by Crippen LogP contribution is 2.51. The standard InChI is InChI=1S/C13H26N2/c1-11(2)13(6-7-13)10-14-8-3-9-15-12-4-5-12/h11-12,14-15H,3-10H2,1-2H3. The van der Waals surface area contributed by atoms with Crippen molar-refractivity contribution in [3.8, 4) is 0 Å². The molecule has 0 spiro atoms. The van der Waals surface area contributed by atoms with Crippen LogP contribution >= 0.6 is 0 Å². The molecule has 0 aromatic carbocycles. The smallest absolute Gasteiger partial charge is 0.00682 e. The molecule has 0 unspecified atom stereocenters. The topological polar surface area (TPSA) is 24.1 Å².